The minimum atomic E-state index is -0.146. The topological polar surface area (TPSA) is 146 Å². The molecule has 4 aromatic rings. The van der Waals surface area contributed by atoms with Gasteiger partial charge in [0.2, 0.25) is 0 Å². The minimum absolute atomic E-state index is 0.146. The molecule has 4 aliphatic rings. The molecule has 0 radical (unpaired) electrons. The number of hydrogen-bond acceptors (Lipinski definition) is 10. The predicted octanol–water partition coefficient (Wildman–Crippen LogP) is 4.51. The van der Waals surface area contributed by atoms with Gasteiger partial charge in [0, 0.05) is 49.4 Å². The second-order valence-electron chi connectivity index (χ2n) is 13.1. The first-order valence-corrected chi connectivity index (χ1v) is 16.4. The van der Waals surface area contributed by atoms with Crippen molar-refractivity contribution in [3.63, 3.8) is 0 Å². The van der Waals surface area contributed by atoms with Crippen LogP contribution in [-0.4, -0.2) is 67.7 Å². The molecule has 4 aromatic carbocycles. The van der Waals surface area contributed by atoms with Gasteiger partial charge < -0.3 is 40.1 Å². The van der Waals surface area contributed by atoms with Crippen LogP contribution in [0.25, 0.3) is 0 Å². The second kappa shape index (κ2) is 12.9. The van der Waals surface area contributed by atoms with E-state index in [4.69, 9.17) is 9.47 Å². The van der Waals surface area contributed by atoms with E-state index in [0.717, 1.165) is 74.1 Å². The second-order valence-corrected chi connectivity index (χ2v) is 13.1. The Labute approximate surface area is 279 Å². The summed E-state index contributed by atoms with van der Waals surface area (Å²) in [6.07, 6.45) is 3.43. The minimum Gasteiger partial charge on any atom is -0.508 e. The Morgan fingerprint density at radius 1 is 0.542 bits per heavy atom. The Balaban J connectivity index is 0.000000152. The third kappa shape index (κ3) is 5.68. The molecule has 10 nitrogen and oxygen atoms in total. The Morgan fingerprint density at radius 2 is 0.958 bits per heavy atom. The van der Waals surface area contributed by atoms with Gasteiger partial charge in [0.25, 0.3) is 0 Å². The molecule has 0 bridgehead atoms. The van der Waals surface area contributed by atoms with Gasteiger partial charge in [-0.2, -0.15) is 0 Å². The molecule has 0 aliphatic carbocycles. The van der Waals surface area contributed by atoms with Crippen molar-refractivity contribution in [3.05, 3.63) is 104 Å². The number of ether oxygens (including phenoxy) is 2. The number of phenols is 4. The molecule has 0 amide bonds. The van der Waals surface area contributed by atoms with Gasteiger partial charge in [-0.1, -0.05) is 0 Å². The van der Waals surface area contributed by atoms with Crippen molar-refractivity contribution in [2.45, 2.75) is 64.1 Å². The van der Waals surface area contributed by atoms with Crippen molar-refractivity contribution < 1.29 is 40.1 Å². The molecule has 0 fully saturated rings. The molecule has 2 atom stereocenters. The number of aliphatic hydroxyl groups is 2. The average Bonchev–Trinajstić information content (AvgIpc) is 3.09. The fourth-order valence-electron chi connectivity index (χ4n) is 7.96. The quantitative estimate of drug-likeness (QED) is 0.186. The number of rotatable bonds is 4. The highest BCUT2D eigenvalue weighted by atomic mass is 16.5. The SMILES string of the molecule is COc1cc2c(cc1O)CN1CCc3cc(CO)c(O)cc3C1C2.COc1cc2c(cc1O)CN1CCc3cc(CO)c(O)cc3[C@H]1C2. The van der Waals surface area contributed by atoms with E-state index in [-0.39, 0.29) is 48.3 Å². The van der Waals surface area contributed by atoms with Gasteiger partial charge in [0.1, 0.15) is 11.5 Å². The highest BCUT2D eigenvalue weighted by Crippen LogP contribution is 2.44. The van der Waals surface area contributed by atoms with Gasteiger partial charge in [-0.25, -0.2) is 0 Å². The molecule has 4 aliphatic heterocycles. The van der Waals surface area contributed by atoms with E-state index in [1.54, 1.807) is 38.5 Å². The standard InChI is InChI=1S/2C19H21NO4/c2*1-24-19-7-12-5-16-15-8-17(22)14(10-21)4-11(15)2-3-20(16)9-13(12)6-18(19)23/h2*4,6-8,16,21-23H,2-3,5,9-10H2,1H3/t16-;/m1./s1. The zero-order valence-corrected chi connectivity index (χ0v) is 27.2. The molecule has 6 N–H and O–H groups in total. The maximum Gasteiger partial charge on any atom is 0.160 e. The molecular weight excluding hydrogens is 612 g/mol. The lowest BCUT2D eigenvalue weighted by Crippen LogP contribution is -2.39. The lowest BCUT2D eigenvalue weighted by molar-refractivity contribution is 0.160. The first-order valence-electron chi connectivity index (χ1n) is 16.4. The number of phenolic OH excluding ortho intramolecular Hbond substituents is 2. The van der Waals surface area contributed by atoms with Gasteiger partial charge in [0.05, 0.1) is 27.4 Å². The van der Waals surface area contributed by atoms with Crippen molar-refractivity contribution in [3.8, 4) is 34.5 Å². The van der Waals surface area contributed by atoms with Crippen LogP contribution >= 0.6 is 0 Å². The molecule has 252 valence electrons. The highest BCUT2D eigenvalue weighted by Gasteiger charge is 2.35. The first-order chi connectivity index (χ1) is 23.2. The Kier molecular flexibility index (Phi) is 8.59. The summed E-state index contributed by atoms with van der Waals surface area (Å²) in [5.41, 5.74) is 10.4. The molecule has 0 aromatic heterocycles. The van der Waals surface area contributed by atoms with Crippen molar-refractivity contribution in [1.82, 2.24) is 9.80 Å². The van der Waals surface area contributed by atoms with E-state index < -0.39 is 0 Å². The van der Waals surface area contributed by atoms with Crippen molar-refractivity contribution in [2.75, 3.05) is 27.3 Å². The number of hydrogen-bond donors (Lipinski definition) is 6. The summed E-state index contributed by atoms with van der Waals surface area (Å²) in [7, 11) is 3.11. The van der Waals surface area contributed by atoms with E-state index in [1.165, 1.54) is 22.3 Å². The molecule has 1 unspecified atom stereocenters. The molecule has 10 heteroatoms. The normalized spacial score (nSPS) is 19.3. The van der Waals surface area contributed by atoms with E-state index in [1.807, 2.05) is 24.3 Å². The Morgan fingerprint density at radius 3 is 1.33 bits per heavy atom. The molecule has 4 heterocycles. The van der Waals surface area contributed by atoms with Crippen molar-refractivity contribution >= 4 is 0 Å². The zero-order valence-electron chi connectivity index (χ0n) is 27.2. The van der Waals surface area contributed by atoms with Gasteiger partial charge in [-0.3, -0.25) is 9.80 Å². The van der Waals surface area contributed by atoms with Crippen LogP contribution in [0, 0.1) is 0 Å². The molecule has 0 saturated heterocycles. The summed E-state index contributed by atoms with van der Waals surface area (Å²) in [5.74, 6) is 1.67. The van der Waals surface area contributed by atoms with Crippen LogP contribution in [0.2, 0.25) is 0 Å². The Hall–Kier alpha value is -4.48. The van der Waals surface area contributed by atoms with Crippen LogP contribution in [0.3, 0.4) is 0 Å². The van der Waals surface area contributed by atoms with Crippen molar-refractivity contribution in [2.24, 2.45) is 0 Å². The Bertz CT molecular complexity index is 1740. The number of methoxy groups -OCH3 is 2. The summed E-state index contributed by atoms with van der Waals surface area (Å²) in [4.78, 5) is 4.77. The maximum absolute atomic E-state index is 10.1. The van der Waals surface area contributed by atoms with Crippen LogP contribution in [0.4, 0.5) is 0 Å². The summed E-state index contributed by atoms with van der Waals surface area (Å²) < 4.78 is 10.5. The number of benzene rings is 4. The monoisotopic (exact) mass is 654 g/mol. The van der Waals surface area contributed by atoms with E-state index in [2.05, 4.69) is 9.80 Å². The van der Waals surface area contributed by atoms with Crippen LogP contribution in [0.5, 0.6) is 34.5 Å². The number of aliphatic hydroxyl groups excluding tert-OH is 2. The van der Waals surface area contributed by atoms with E-state index in [9.17, 15) is 30.6 Å². The predicted molar refractivity (Wildman–Crippen MR) is 178 cm³/mol. The molecule has 0 spiro atoms. The number of nitrogens with zero attached hydrogens (tertiary/aromatic N) is 2. The van der Waals surface area contributed by atoms with Gasteiger partial charge in [-0.05, 0) is 119 Å². The number of aromatic hydroxyl groups is 4. The summed E-state index contributed by atoms with van der Waals surface area (Å²) >= 11 is 0. The lowest BCUT2D eigenvalue weighted by atomic mass is 9.83. The van der Waals surface area contributed by atoms with Crippen LogP contribution in [0.1, 0.15) is 67.7 Å². The molecule has 0 saturated carbocycles. The third-order valence-electron chi connectivity index (χ3n) is 10.5. The van der Waals surface area contributed by atoms with E-state index >= 15 is 0 Å². The maximum atomic E-state index is 10.1. The summed E-state index contributed by atoms with van der Waals surface area (Å²) in [5, 5.41) is 59.0. The van der Waals surface area contributed by atoms with Gasteiger partial charge >= 0.3 is 0 Å². The fraction of sp³-hybridized carbons (Fsp3) is 0.368. The van der Waals surface area contributed by atoms with E-state index in [0.29, 0.717) is 22.6 Å². The van der Waals surface area contributed by atoms with Crippen LogP contribution < -0.4 is 9.47 Å². The van der Waals surface area contributed by atoms with Crippen LogP contribution in [0.15, 0.2) is 48.5 Å². The largest absolute Gasteiger partial charge is 0.508 e. The molecule has 48 heavy (non-hydrogen) atoms. The van der Waals surface area contributed by atoms with Gasteiger partial charge in [0.15, 0.2) is 23.0 Å². The highest BCUT2D eigenvalue weighted by molar-refractivity contribution is 5.52. The summed E-state index contributed by atoms with van der Waals surface area (Å²) in [6.45, 7) is 3.12. The fourth-order valence-corrected chi connectivity index (χ4v) is 7.96. The van der Waals surface area contributed by atoms with Crippen molar-refractivity contribution in [1.29, 1.82) is 0 Å². The van der Waals surface area contributed by atoms with Gasteiger partial charge in [-0.15, -0.1) is 0 Å². The average molecular weight is 655 g/mol. The summed E-state index contributed by atoms with van der Waals surface area (Å²) in [6, 6.07) is 15.3. The van der Waals surface area contributed by atoms with Crippen LogP contribution in [-0.2, 0) is 52.0 Å². The zero-order chi connectivity index (χ0) is 33.7. The lowest BCUT2D eigenvalue weighted by Gasteiger charge is -2.41. The molecule has 8 rings (SSSR count). The third-order valence-corrected chi connectivity index (χ3v) is 10.5. The molecular formula is C38H42N2O8. The first kappa shape index (κ1) is 32.1. The smallest absolute Gasteiger partial charge is 0.160 e. The number of fused-ring (bicyclic) bond motifs is 8.